The Hall–Kier alpha value is -0.561. The van der Waals surface area contributed by atoms with Crippen molar-refractivity contribution in [3.8, 4) is 0 Å². The Labute approximate surface area is 166 Å². The minimum absolute atomic E-state index is 0.178. The summed E-state index contributed by atoms with van der Waals surface area (Å²) in [5, 5.41) is 4.46. The molecule has 2 aromatic heterocycles. The Kier molecular flexibility index (Phi) is 8.94. The zero-order valence-electron chi connectivity index (χ0n) is 16.8. The zero-order chi connectivity index (χ0) is 19.0. The third-order valence-electron chi connectivity index (χ3n) is 5.22. The van der Waals surface area contributed by atoms with E-state index < -0.39 is 18.4 Å². The molecule has 146 valence electrons. The number of hydrogen-bond acceptors (Lipinski definition) is 4. The second-order valence-corrected chi connectivity index (χ2v) is 22.3. The van der Waals surface area contributed by atoms with Crippen LogP contribution >= 0.6 is 11.3 Å². The van der Waals surface area contributed by atoms with Crippen molar-refractivity contribution < 1.29 is 9.53 Å². The van der Waals surface area contributed by atoms with E-state index in [2.05, 4.69) is 25.9 Å². The quantitative estimate of drug-likeness (QED) is 0.289. The van der Waals surface area contributed by atoms with Crippen LogP contribution in [0.3, 0.4) is 0 Å². The molecule has 0 saturated carbocycles. The van der Waals surface area contributed by atoms with Gasteiger partial charge in [-0.25, -0.2) is 0 Å². The number of aromatic nitrogens is 2. The molecular weight excluding hydrogens is 451 g/mol. The third-order valence-corrected chi connectivity index (χ3v) is 24.6. The molecule has 2 heterocycles. The summed E-state index contributed by atoms with van der Waals surface area (Å²) in [4.78, 5) is 14.0. The van der Waals surface area contributed by atoms with Crippen molar-refractivity contribution in [2.45, 2.75) is 79.5 Å². The summed E-state index contributed by atoms with van der Waals surface area (Å²) in [7, 11) is 0. The average Bonchev–Trinajstić information content (AvgIpc) is 3.23. The summed E-state index contributed by atoms with van der Waals surface area (Å²) in [5.41, 5.74) is 0.760. The monoisotopic (exact) mass is 486 g/mol. The number of ether oxygens (including phenoxy) is 1. The van der Waals surface area contributed by atoms with E-state index in [1.807, 2.05) is 28.8 Å². The van der Waals surface area contributed by atoms with Crippen LogP contribution in [0.4, 0.5) is 0 Å². The van der Waals surface area contributed by atoms with Crippen molar-refractivity contribution in [1.29, 1.82) is 0 Å². The van der Waals surface area contributed by atoms with E-state index in [1.165, 1.54) is 54.7 Å². The summed E-state index contributed by atoms with van der Waals surface area (Å²) in [6.07, 6.45) is 9.33. The molecule has 0 fully saturated rings. The fraction of sp³-hybridized carbons (Fsp3) is 0.700. The SMILES string of the molecule is CCC[CH2][Sn]([CH2]CCC)([CH2]CCC)[c]1sc2ccnn2c1C(=O)OCC. The fourth-order valence-corrected chi connectivity index (χ4v) is 24.6. The molecule has 0 aliphatic rings. The molecule has 26 heavy (non-hydrogen) atoms. The first-order valence-electron chi connectivity index (χ1n) is 10.3. The number of thiazole rings is 1. The van der Waals surface area contributed by atoms with E-state index in [-0.39, 0.29) is 5.97 Å². The van der Waals surface area contributed by atoms with Crippen LogP contribution in [0.1, 0.15) is 76.7 Å². The molecule has 0 unspecified atom stereocenters. The molecule has 0 atom stereocenters. The number of esters is 1. The van der Waals surface area contributed by atoms with Crippen LogP contribution in [0.25, 0.3) is 4.83 Å². The van der Waals surface area contributed by atoms with Gasteiger partial charge in [0.25, 0.3) is 0 Å². The number of fused-ring (bicyclic) bond motifs is 1. The number of carbonyl (C=O) groups excluding carboxylic acids is 1. The van der Waals surface area contributed by atoms with Crippen molar-refractivity contribution in [2.24, 2.45) is 0 Å². The van der Waals surface area contributed by atoms with Gasteiger partial charge >= 0.3 is 167 Å². The maximum absolute atomic E-state index is 12.9. The van der Waals surface area contributed by atoms with E-state index in [1.54, 1.807) is 6.20 Å². The molecule has 0 N–H and O–H groups in total. The van der Waals surface area contributed by atoms with E-state index in [9.17, 15) is 4.79 Å². The van der Waals surface area contributed by atoms with Crippen molar-refractivity contribution >= 4 is 43.4 Å². The molecule has 6 heteroatoms. The number of rotatable bonds is 12. The molecule has 2 aromatic rings. The van der Waals surface area contributed by atoms with Gasteiger partial charge in [-0.3, -0.25) is 0 Å². The standard InChI is InChI=1S/C8H7N2O2S.3C4H9.Sn/c1-2-12-8(11)6-5-13-7-3-4-9-10(6)7;3*1-3-4-2;/h3-4H,2H2,1H3;3*1,3-4H2,2H3;. The van der Waals surface area contributed by atoms with Crippen LogP contribution in [0.5, 0.6) is 0 Å². The first-order chi connectivity index (χ1) is 12.6. The van der Waals surface area contributed by atoms with Gasteiger partial charge in [0.05, 0.1) is 0 Å². The zero-order valence-corrected chi connectivity index (χ0v) is 20.5. The minimum atomic E-state index is -2.70. The summed E-state index contributed by atoms with van der Waals surface area (Å²) < 4.78 is 12.8. The van der Waals surface area contributed by atoms with Crippen LogP contribution < -0.4 is 2.89 Å². The Morgan fingerprint density at radius 2 is 1.65 bits per heavy atom. The van der Waals surface area contributed by atoms with Crippen LogP contribution in [0.2, 0.25) is 13.3 Å². The van der Waals surface area contributed by atoms with Gasteiger partial charge < -0.3 is 0 Å². The van der Waals surface area contributed by atoms with Crippen LogP contribution in [0, 0.1) is 0 Å². The predicted molar refractivity (Wildman–Crippen MR) is 114 cm³/mol. The Balaban J connectivity index is 2.58. The van der Waals surface area contributed by atoms with Crippen LogP contribution in [0.15, 0.2) is 12.3 Å². The van der Waals surface area contributed by atoms with Gasteiger partial charge in [0, 0.05) is 0 Å². The van der Waals surface area contributed by atoms with Gasteiger partial charge in [0.1, 0.15) is 0 Å². The molecule has 0 aromatic carbocycles. The van der Waals surface area contributed by atoms with Gasteiger partial charge in [-0.15, -0.1) is 0 Å². The molecule has 0 aliphatic heterocycles. The van der Waals surface area contributed by atoms with Gasteiger partial charge in [-0.1, -0.05) is 0 Å². The number of nitrogens with zero attached hydrogens (tertiary/aromatic N) is 2. The molecule has 0 aliphatic carbocycles. The van der Waals surface area contributed by atoms with Crippen molar-refractivity contribution in [3.63, 3.8) is 0 Å². The van der Waals surface area contributed by atoms with E-state index in [0.717, 1.165) is 10.5 Å². The molecule has 0 radical (unpaired) electrons. The Morgan fingerprint density at radius 1 is 1.08 bits per heavy atom. The first kappa shape index (κ1) is 21.7. The average molecular weight is 485 g/mol. The van der Waals surface area contributed by atoms with E-state index in [4.69, 9.17) is 4.74 Å². The Bertz CT molecular complexity index is 673. The van der Waals surface area contributed by atoms with Crippen LogP contribution in [-0.4, -0.2) is 40.6 Å². The van der Waals surface area contributed by atoms with Gasteiger partial charge in [-0.2, -0.15) is 0 Å². The van der Waals surface area contributed by atoms with E-state index in [0.29, 0.717) is 6.61 Å². The Morgan fingerprint density at radius 3 is 2.15 bits per heavy atom. The molecule has 0 spiro atoms. The number of unbranched alkanes of at least 4 members (excludes halogenated alkanes) is 3. The number of hydrogen-bond donors (Lipinski definition) is 0. The number of carbonyl (C=O) groups is 1. The molecular formula is C20H34N2O2SSn. The fourth-order valence-electron chi connectivity index (χ4n) is 3.78. The van der Waals surface area contributed by atoms with Gasteiger partial charge in [0.15, 0.2) is 0 Å². The second kappa shape index (κ2) is 10.7. The summed E-state index contributed by atoms with van der Waals surface area (Å²) in [6, 6.07) is 2.03. The predicted octanol–water partition coefficient (Wildman–Crippen LogP) is 5.63. The van der Waals surface area contributed by atoms with Crippen molar-refractivity contribution in [2.75, 3.05) is 6.61 Å². The van der Waals surface area contributed by atoms with Gasteiger partial charge in [0.2, 0.25) is 0 Å². The second-order valence-electron chi connectivity index (χ2n) is 7.17. The van der Waals surface area contributed by atoms with Crippen molar-refractivity contribution in [1.82, 2.24) is 9.61 Å². The molecule has 2 rings (SSSR count). The molecule has 0 bridgehead atoms. The normalized spacial score (nSPS) is 12.0. The molecule has 0 amide bonds. The third kappa shape index (κ3) is 4.83. The topological polar surface area (TPSA) is 43.6 Å². The summed E-state index contributed by atoms with van der Waals surface area (Å²) >= 11 is -0.860. The molecule has 4 nitrogen and oxygen atoms in total. The summed E-state index contributed by atoms with van der Waals surface area (Å²) in [6.45, 7) is 9.14. The summed E-state index contributed by atoms with van der Waals surface area (Å²) in [5.74, 6) is -0.178. The van der Waals surface area contributed by atoms with Gasteiger partial charge in [-0.05, 0) is 0 Å². The maximum atomic E-state index is 12.9. The van der Waals surface area contributed by atoms with Crippen molar-refractivity contribution in [3.05, 3.63) is 18.0 Å². The molecule has 0 saturated heterocycles. The van der Waals surface area contributed by atoms with E-state index >= 15 is 0 Å². The first-order valence-corrected chi connectivity index (χ1v) is 18.6. The van der Waals surface area contributed by atoms with Crippen LogP contribution in [-0.2, 0) is 4.74 Å².